The minimum Gasteiger partial charge on any atom is -0.504 e. The number of rotatable bonds is 9. The van der Waals surface area contributed by atoms with Crippen LogP contribution < -0.4 is 15.8 Å². The molecule has 0 bridgehead atoms. The molecule has 1 aliphatic heterocycles. The lowest BCUT2D eigenvalue weighted by Crippen LogP contribution is -2.46. The van der Waals surface area contributed by atoms with Gasteiger partial charge in [0.1, 0.15) is 0 Å². The van der Waals surface area contributed by atoms with Crippen LogP contribution in [0.2, 0.25) is 0 Å². The van der Waals surface area contributed by atoms with Crippen LogP contribution in [0.1, 0.15) is 36.8 Å². The minimum absolute atomic E-state index is 0.0117. The Kier molecular flexibility index (Phi) is 7.94. The second-order valence-corrected chi connectivity index (χ2v) is 6.76. The van der Waals surface area contributed by atoms with E-state index in [9.17, 15) is 9.90 Å². The van der Waals surface area contributed by atoms with Gasteiger partial charge >= 0.3 is 0 Å². The van der Waals surface area contributed by atoms with Crippen LogP contribution >= 0.6 is 0 Å². The van der Waals surface area contributed by atoms with Crippen molar-refractivity contribution in [2.24, 2.45) is 5.73 Å². The van der Waals surface area contributed by atoms with Gasteiger partial charge in [-0.1, -0.05) is 18.6 Å². The molecule has 1 amide bonds. The summed E-state index contributed by atoms with van der Waals surface area (Å²) >= 11 is 0. The average molecular weight is 361 g/mol. The van der Waals surface area contributed by atoms with E-state index in [0.29, 0.717) is 37.7 Å². The fourth-order valence-corrected chi connectivity index (χ4v) is 3.47. The molecule has 1 aliphatic rings. The van der Waals surface area contributed by atoms with E-state index in [1.807, 2.05) is 12.1 Å². The van der Waals surface area contributed by atoms with E-state index in [0.717, 1.165) is 37.1 Å². The number of allylic oxidation sites excluding steroid dienone is 1. The number of nitrogens with zero attached hydrogens (tertiary/aromatic N) is 1. The molecule has 0 spiro atoms. The van der Waals surface area contributed by atoms with E-state index < -0.39 is 0 Å². The molecule has 1 atom stereocenters. The number of likely N-dealkylation sites (tertiary alicyclic amines) is 1. The third-order valence-corrected chi connectivity index (χ3v) is 4.84. The van der Waals surface area contributed by atoms with Crippen molar-refractivity contribution in [1.29, 1.82) is 0 Å². The van der Waals surface area contributed by atoms with Crippen molar-refractivity contribution in [2.45, 2.75) is 44.7 Å². The van der Waals surface area contributed by atoms with Crippen molar-refractivity contribution >= 4 is 5.91 Å². The summed E-state index contributed by atoms with van der Waals surface area (Å²) in [5.74, 6) is 0.683. The molecule has 2 rings (SSSR count). The number of amides is 1. The predicted molar refractivity (Wildman–Crippen MR) is 103 cm³/mol. The van der Waals surface area contributed by atoms with Gasteiger partial charge in [0, 0.05) is 37.7 Å². The Hall–Kier alpha value is -2.05. The molecule has 1 fully saturated rings. The predicted octanol–water partition coefficient (Wildman–Crippen LogP) is 1.95. The summed E-state index contributed by atoms with van der Waals surface area (Å²) in [6.45, 7) is 6.53. The van der Waals surface area contributed by atoms with Crippen LogP contribution in [0.3, 0.4) is 0 Å². The van der Waals surface area contributed by atoms with E-state index in [2.05, 4.69) is 16.8 Å². The minimum atomic E-state index is 0.0117. The Balaban J connectivity index is 2.09. The van der Waals surface area contributed by atoms with Gasteiger partial charge in [-0.3, -0.25) is 9.69 Å². The fourth-order valence-electron chi connectivity index (χ4n) is 3.47. The van der Waals surface area contributed by atoms with Gasteiger partial charge in [0.2, 0.25) is 5.91 Å². The van der Waals surface area contributed by atoms with Gasteiger partial charge < -0.3 is 20.9 Å². The SMILES string of the molecule is C=CCc1cc(CN2CCCCC2CNC(=O)CCN)cc(OC)c1O. The molecule has 1 unspecified atom stereocenters. The second-order valence-electron chi connectivity index (χ2n) is 6.76. The zero-order chi connectivity index (χ0) is 18.9. The van der Waals surface area contributed by atoms with Crippen LogP contribution in [-0.4, -0.2) is 48.7 Å². The number of nitrogens with two attached hydrogens (primary N) is 1. The summed E-state index contributed by atoms with van der Waals surface area (Å²) in [5.41, 5.74) is 7.35. The van der Waals surface area contributed by atoms with Gasteiger partial charge in [-0.05, 0) is 37.4 Å². The molecule has 0 aromatic heterocycles. The Labute approximate surface area is 156 Å². The lowest BCUT2D eigenvalue weighted by atomic mass is 9.99. The highest BCUT2D eigenvalue weighted by Crippen LogP contribution is 2.33. The maximum absolute atomic E-state index is 11.7. The van der Waals surface area contributed by atoms with Crippen molar-refractivity contribution in [2.75, 3.05) is 26.7 Å². The second kappa shape index (κ2) is 10.2. The molecule has 0 radical (unpaired) electrons. The number of aromatic hydroxyl groups is 1. The van der Waals surface area contributed by atoms with Crippen LogP contribution in [0.15, 0.2) is 24.8 Å². The highest BCUT2D eigenvalue weighted by atomic mass is 16.5. The Morgan fingerprint density at radius 2 is 2.31 bits per heavy atom. The first-order chi connectivity index (χ1) is 12.6. The van der Waals surface area contributed by atoms with Gasteiger partial charge in [-0.25, -0.2) is 0 Å². The van der Waals surface area contributed by atoms with Crippen molar-refractivity contribution in [3.8, 4) is 11.5 Å². The van der Waals surface area contributed by atoms with Gasteiger partial charge in [-0.15, -0.1) is 6.58 Å². The fraction of sp³-hybridized carbons (Fsp3) is 0.550. The maximum atomic E-state index is 11.7. The van der Waals surface area contributed by atoms with Crippen LogP contribution in [0.4, 0.5) is 0 Å². The number of piperidine rings is 1. The first-order valence-electron chi connectivity index (χ1n) is 9.29. The summed E-state index contributed by atoms with van der Waals surface area (Å²) in [5, 5.41) is 13.2. The zero-order valence-corrected chi connectivity index (χ0v) is 15.7. The molecule has 4 N–H and O–H groups in total. The Bertz CT molecular complexity index is 619. The molecule has 26 heavy (non-hydrogen) atoms. The normalized spacial score (nSPS) is 17.7. The third kappa shape index (κ3) is 5.47. The van der Waals surface area contributed by atoms with E-state index in [1.165, 1.54) is 6.42 Å². The summed E-state index contributed by atoms with van der Waals surface area (Å²) in [6, 6.07) is 4.21. The van der Waals surface area contributed by atoms with Crippen LogP contribution in [0.25, 0.3) is 0 Å². The van der Waals surface area contributed by atoms with Gasteiger partial charge in [0.25, 0.3) is 0 Å². The van der Waals surface area contributed by atoms with Gasteiger partial charge in [0.15, 0.2) is 11.5 Å². The number of phenolic OH excluding ortho intramolecular Hbond substituents is 1. The monoisotopic (exact) mass is 361 g/mol. The smallest absolute Gasteiger partial charge is 0.221 e. The number of nitrogens with one attached hydrogen (secondary N) is 1. The van der Waals surface area contributed by atoms with Crippen LogP contribution in [-0.2, 0) is 17.8 Å². The molecule has 6 heteroatoms. The summed E-state index contributed by atoms with van der Waals surface area (Å²) in [7, 11) is 1.56. The molecule has 0 aliphatic carbocycles. The van der Waals surface area contributed by atoms with Crippen LogP contribution in [0, 0.1) is 0 Å². The first kappa shape index (κ1) is 20.3. The molecular formula is C20H31N3O3. The zero-order valence-electron chi connectivity index (χ0n) is 15.7. The highest BCUT2D eigenvalue weighted by Gasteiger charge is 2.23. The molecule has 144 valence electrons. The molecule has 1 saturated heterocycles. The molecule has 0 saturated carbocycles. The highest BCUT2D eigenvalue weighted by molar-refractivity contribution is 5.76. The number of carbonyl (C=O) groups is 1. The summed E-state index contributed by atoms with van der Waals surface area (Å²) in [4.78, 5) is 14.1. The van der Waals surface area contributed by atoms with Crippen molar-refractivity contribution in [3.05, 3.63) is 35.9 Å². The number of hydrogen-bond donors (Lipinski definition) is 3. The van der Waals surface area contributed by atoms with E-state index in [4.69, 9.17) is 10.5 Å². The van der Waals surface area contributed by atoms with E-state index in [1.54, 1.807) is 13.2 Å². The number of benzene rings is 1. The van der Waals surface area contributed by atoms with Crippen molar-refractivity contribution < 1.29 is 14.6 Å². The summed E-state index contributed by atoms with van der Waals surface area (Å²) < 4.78 is 5.32. The molecule has 6 nitrogen and oxygen atoms in total. The van der Waals surface area contributed by atoms with Gasteiger partial charge in [0.05, 0.1) is 7.11 Å². The topological polar surface area (TPSA) is 87.8 Å². The maximum Gasteiger partial charge on any atom is 0.221 e. The van der Waals surface area contributed by atoms with Crippen LogP contribution in [0.5, 0.6) is 11.5 Å². The summed E-state index contributed by atoms with van der Waals surface area (Å²) in [6.07, 6.45) is 6.13. The molecule has 1 heterocycles. The quantitative estimate of drug-likeness (QED) is 0.585. The van der Waals surface area contributed by atoms with E-state index in [-0.39, 0.29) is 11.7 Å². The lowest BCUT2D eigenvalue weighted by Gasteiger charge is -2.36. The largest absolute Gasteiger partial charge is 0.504 e. The molecule has 1 aromatic rings. The Morgan fingerprint density at radius 3 is 3.00 bits per heavy atom. The Morgan fingerprint density at radius 1 is 1.50 bits per heavy atom. The third-order valence-electron chi connectivity index (χ3n) is 4.84. The lowest BCUT2D eigenvalue weighted by molar-refractivity contribution is -0.121. The molecule has 1 aromatic carbocycles. The van der Waals surface area contributed by atoms with Crippen molar-refractivity contribution in [1.82, 2.24) is 10.2 Å². The van der Waals surface area contributed by atoms with Gasteiger partial charge in [-0.2, -0.15) is 0 Å². The standard InChI is InChI=1S/C20H31N3O3/c1-3-6-16-11-15(12-18(26-2)20(16)25)14-23-10-5-4-7-17(23)13-22-19(24)8-9-21/h3,11-12,17,25H,1,4-10,13-14,21H2,2H3,(H,22,24). The molecular weight excluding hydrogens is 330 g/mol. The number of methoxy groups -OCH3 is 1. The van der Waals surface area contributed by atoms with Crippen molar-refractivity contribution in [3.63, 3.8) is 0 Å². The number of carbonyl (C=O) groups excluding carboxylic acids is 1. The number of ether oxygens (including phenoxy) is 1. The number of phenols is 1. The average Bonchev–Trinajstić information content (AvgIpc) is 2.64. The number of hydrogen-bond acceptors (Lipinski definition) is 5. The first-order valence-corrected chi connectivity index (χ1v) is 9.29. The van der Waals surface area contributed by atoms with E-state index >= 15 is 0 Å².